The van der Waals surface area contributed by atoms with Gasteiger partial charge in [0.2, 0.25) is 0 Å². The summed E-state index contributed by atoms with van der Waals surface area (Å²) in [5.74, 6) is 0.00973. The first-order valence-corrected chi connectivity index (χ1v) is 9.77. The van der Waals surface area contributed by atoms with Crippen LogP contribution in [0.15, 0.2) is 65.2 Å². The normalized spacial score (nSPS) is 17.2. The molecule has 1 aliphatic rings. The van der Waals surface area contributed by atoms with Crippen molar-refractivity contribution >= 4 is 5.97 Å². The second-order valence-electron chi connectivity index (χ2n) is 7.14. The molecular formula is C23H24N2O4. The Bertz CT molecular complexity index is 940. The van der Waals surface area contributed by atoms with Gasteiger partial charge in [0, 0.05) is 25.2 Å². The van der Waals surface area contributed by atoms with Gasteiger partial charge in [0.15, 0.2) is 0 Å². The predicted molar refractivity (Wildman–Crippen MR) is 108 cm³/mol. The SMILES string of the molecule is Cc1onc(-c2ccccc2)c1C(=O)OCC1CN(Cc2ccccc2)CCO1. The van der Waals surface area contributed by atoms with Crippen LogP contribution in [0.2, 0.25) is 0 Å². The zero-order valence-electron chi connectivity index (χ0n) is 16.4. The number of nitrogens with zero attached hydrogens (tertiary/aromatic N) is 2. The zero-order chi connectivity index (χ0) is 20.1. The molecule has 4 rings (SSSR count). The van der Waals surface area contributed by atoms with Crippen molar-refractivity contribution in [3.05, 3.63) is 77.6 Å². The first-order chi connectivity index (χ1) is 14.2. The number of ether oxygens (including phenoxy) is 2. The van der Waals surface area contributed by atoms with E-state index in [4.69, 9.17) is 14.0 Å². The van der Waals surface area contributed by atoms with Crippen molar-refractivity contribution in [3.8, 4) is 11.3 Å². The van der Waals surface area contributed by atoms with E-state index in [1.807, 2.05) is 48.5 Å². The van der Waals surface area contributed by atoms with Gasteiger partial charge >= 0.3 is 5.97 Å². The lowest BCUT2D eigenvalue weighted by molar-refractivity contribution is -0.0612. The summed E-state index contributed by atoms with van der Waals surface area (Å²) >= 11 is 0. The average molecular weight is 392 g/mol. The lowest BCUT2D eigenvalue weighted by Gasteiger charge is -2.32. The van der Waals surface area contributed by atoms with Crippen LogP contribution in [0.5, 0.6) is 0 Å². The van der Waals surface area contributed by atoms with E-state index in [0.29, 0.717) is 23.6 Å². The van der Waals surface area contributed by atoms with E-state index < -0.39 is 5.97 Å². The Balaban J connectivity index is 1.37. The monoisotopic (exact) mass is 392 g/mol. The highest BCUT2D eigenvalue weighted by Gasteiger charge is 2.26. The number of aryl methyl sites for hydroxylation is 1. The number of benzene rings is 2. The average Bonchev–Trinajstić information content (AvgIpc) is 3.15. The second kappa shape index (κ2) is 9.03. The maximum atomic E-state index is 12.7. The Hall–Kier alpha value is -2.96. The Kier molecular flexibility index (Phi) is 6.03. The third kappa shape index (κ3) is 4.72. The van der Waals surface area contributed by atoms with E-state index in [2.05, 4.69) is 22.2 Å². The molecule has 1 atom stereocenters. The molecule has 0 saturated carbocycles. The lowest BCUT2D eigenvalue weighted by Crippen LogP contribution is -2.44. The largest absolute Gasteiger partial charge is 0.459 e. The molecule has 1 saturated heterocycles. The molecule has 0 amide bonds. The summed E-state index contributed by atoms with van der Waals surface area (Å²) in [5.41, 5.74) is 2.95. The van der Waals surface area contributed by atoms with Crippen LogP contribution in [-0.4, -0.2) is 48.4 Å². The molecule has 1 aromatic heterocycles. The van der Waals surface area contributed by atoms with Gasteiger partial charge in [-0.1, -0.05) is 65.8 Å². The molecular weight excluding hydrogens is 368 g/mol. The summed E-state index contributed by atoms with van der Waals surface area (Å²) in [6.07, 6.45) is -0.156. The molecule has 6 heteroatoms. The van der Waals surface area contributed by atoms with Crippen LogP contribution >= 0.6 is 0 Å². The van der Waals surface area contributed by atoms with Crippen LogP contribution in [0, 0.1) is 6.92 Å². The highest BCUT2D eigenvalue weighted by Crippen LogP contribution is 2.26. The second-order valence-corrected chi connectivity index (χ2v) is 7.14. The van der Waals surface area contributed by atoms with Crippen LogP contribution in [0.1, 0.15) is 21.7 Å². The van der Waals surface area contributed by atoms with Gasteiger partial charge in [0.05, 0.1) is 6.61 Å². The molecule has 2 heterocycles. The minimum Gasteiger partial charge on any atom is -0.459 e. The van der Waals surface area contributed by atoms with Crippen molar-refractivity contribution in [1.29, 1.82) is 0 Å². The van der Waals surface area contributed by atoms with E-state index in [9.17, 15) is 4.79 Å². The number of carbonyl (C=O) groups is 1. The first-order valence-electron chi connectivity index (χ1n) is 9.77. The van der Waals surface area contributed by atoms with Gasteiger partial charge in [-0.25, -0.2) is 4.79 Å². The van der Waals surface area contributed by atoms with E-state index in [-0.39, 0.29) is 12.7 Å². The van der Waals surface area contributed by atoms with Gasteiger partial charge in [-0.3, -0.25) is 4.90 Å². The molecule has 1 fully saturated rings. The maximum absolute atomic E-state index is 12.7. The number of esters is 1. The van der Waals surface area contributed by atoms with Gasteiger partial charge in [0.25, 0.3) is 0 Å². The van der Waals surface area contributed by atoms with Crippen molar-refractivity contribution in [2.75, 3.05) is 26.3 Å². The Morgan fingerprint density at radius 3 is 2.62 bits per heavy atom. The number of hydrogen-bond donors (Lipinski definition) is 0. The minimum atomic E-state index is -0.439. The van der Waals surface area contributed by atoms with E-state index in [0.717, 1.165) is 25.2 Å². The molecule has 2 aromatic carbocycles. The minimum absolute atomic E-state index is 0.156. The van der Waals surface area contributed by atoms with Crippen molar-refractivity contribution in [2.45, 2.75) is 19.6 Å². The van der Waals surface area contributed by atoms with Crippen LogP contribution in [0.3, 0.4) is 0 Å². The third-order valence-electron chi connectivity index (χ3n) is 4.99. The maximum Gasteiger partial charge on any atom is 0.344 e. The van der Waals surface area contributed by atoms with E-state index >= 15 is 0 Å². The summed E-state index contributed by atoms with van der Waals surface area (Å²) in [6.45, 7) is 4.98. The topological polar surface area (TPSA) is 64.8 Å². The lowest BCUT2D eigenvalue weighted by atomic mass is 10.1. The fourth-order valence-corrected chi connectivity index (χ4v) is 3.51. The Labute approximate surface area is 170 Å². The van der Waals surface area contributed by atoms with Gasteiger partial charge in [0.1, 0.15) is 29.7 Å². The van der Waals surface area contributed by atoms with Crippen LogP contribution < -0.4 is 0 Å². The number of hydrogen-bond acceptors (Lipinski definition) is 6. The molecule has 1 unspecified atom stereocenters. The third-order valence-corrected chi connectivity index (χ3v) is 4.99. The van der Waals surface area contributed by atoms with Gasteiger partial charge in [-0.15, -0.1) is 0 Å². The van der Waals surface area contributed by atoms with Crippen molar-refractivity contribution < 1.29 is 18.8 Å². The fraction of sp³-hybridized carbons (Fsp3) is 0.304. The zero-order valence-corrected chi connectivity index (χ0v) is 16.4. The van der Waals surface area contributed by atoms with Crippen LogP contribution in [0.25, 0.3) is 11.3 Å². The molecule has 3 aromatic rings. The van der Waals surface area contributed by atoms with Crippen LogP contribution in [-0.2, 0) is 16.0 Å². The molecule has 1 aliphatic heterocycles. The van der Waals surface area contributed by atoms with Crippen LogP contribution in [0.4, 0.5) is 0 Å². The van der Waals surface area contributed by atoms with Crippen molar-refractivity contribution in [2.24, 2.45) is 0 Å². The number of aromatic nitrogens is 1. The Morgan fingerprint density at radius 1 is 1.14 bits per heavy atom. The predicted octanol–water partition coefficient (Wildman–Crippen LogP) is 3.71. The Morgan fingerprint density at radius 2 is 1.86 bits per heavy atom. The molecule has 0 aliphatic carbocycles. The number of morpholine rings is 1. The highest BCUT2D eigenvalue weighted by atomic mass is 16.6. The molecule has 0 radical (unpaired) electrons. The summed E-state index contributed by atoms with van der Waals surface area (Å²) in [6, 6.07) is 19.8. The number of rotatable bonds is 6. The molecule has 0 bridgehead atoms. The molecule has 29 heavy (non-hydrogen) atoms. The van der Waals surface area contributed by atoms with Gasteiger partial charge in [-0.2, -0.15) is 0 Å². The molecule has 6 nitrogen and oxygen atoms in total. The van der Waals surface area contributed by atoms with E-state index in [1.165, 1.54) is 5.56 Å². The first kappa shape index (κ1) is 19.4. The standard InChI is InChI=1S/C23H24N2O4/c1-17-21(22(24-29-17)19-10-6-3-7-11-19)23(26)28-16-20-15-25(12-13-27-20)14-18-8-4-2-5-9-18/h2-11,20H,12-16H2,1H3. The summed E-state index contributed by atoms with van der Waals surface area (Å²) in [7, 11) is 0. The number of carbonyl (C=O) groups excluding carboxylic acids is 1. The van der Waals surface area contributed by atoms with Gasteiger partial charge in [-0.05, 0) is 12.5 Å². The highest BCUT2D eigenvalue weighted by molar-refractivity contribution is 5.97. The molecule has 150 valence electrons. The molecule has 0 N–H and O–H groups in total. The molecule has 0 spiro atoms. The fourth-order valence-electron chi connectivity index (χ4n) is 3.51. The quantitative estimate of drug-likeness (QED) is 0.596. The van der Waals surface area contributed by atoms with Crippen molar-refractivity contribution in [1.82, 2.24) is 10.1 Å². The summed E-state index contributed by atoms with van der Waals surface area (Å²) < 4.78 is 16.6. The van der Waals surface area contributed by atoms with Crippen molar-refractivity contribution in [3.63, 3.8) is 0 Å². The summed E-state index contributed by atoms with van der Waals surface area (Å²) in [4.78, 5) is 15.1. The van der Waals surface area contributed by atoms with Gasteiger partial charge < -0.3 is 14.0 Å². The summed E-state index contributed by atoms with van der Waals surface area (Å²) in [5, 5.41) is 4.05. The van der Waals surface area contributed by atoms with E-state index in [1.54, 1.807) is 6.92 Å². The smallest absolute Gasteiger partial charge is 0.344 e.